The van der Waals surface area contributed by atoms with Crippen molar-refractivity contribution in [3.63, 3.8) is 0 Å². The third-order valence-electron chi connectivity index (χ3n) is 6.68. The average Bonchev–Trinajstić information content (AvgIpc) is 2.91. The van der Waals surface area contributed by atoms with E-state index in [1.54, 1.807) is 0 Å². The van der Waals surface area contributed by atoms with Crippen LogP contribution in [-0.4, -0.2) is 42.1 Å². The minimum absolute atomic E-state index is 0.141. The number of nitrogens with zero attached hydrogens (tertiary/aromatic N) is 2. The summed E-state index contributed by atoms with van der Waals surface area (Å²) < 4.78 is 0. The second kappa shape index (κ2) is 12.8. The molecule has 0 saturated carbocycles. The fourth-order valence-electron chi connectivity index (χ4n) is 4.76. The maximum atomic E-state index is 11.0. The lowest BCUT2D eigenvalue weighted by Crippen LogP contribution is -2.21. The molecule has 0 aromatic heterocycles. The molecule has 3 heteroatoms. The average molecular weight is 517 g/mol. The van der Waals surface area contributed by atoms with Crippen molar-refractivity contribution in [2.45, 2.75) is 33.9 Å². The first-order valence-corrected chi connectivity index (χ1v) is 13.6. The van der Waals surface area contributed by atoms with Crippen LogP contribution in [0.4, 0.5) is 0 Å². The van der Waals surface area contributed by atoms with E-state index in [9.17, 15) is 5.11 Å². The maximum absolute atomic E-state index is 11.0. The summed E-state index contributed by atoms with van der Waals surface area (Å²) in [5, 5.41) is 16.1. The summed E-state index contributed by atoms with van der Waals surface area (Å²) in [5.41, 5.74) is 3.23. The molecule has 0 fully saturated rings. The van der Waals surface area contributed by atoms with Crippen molar-refractivity contribution < 1.29 is 5.11 Å². The first-order valence-electron chi connectivity index (χ1n) is 13.6. The van der Waals surface area contributed by atoms with Crippen LogP contribution in [0.3, 0.4) is 0 Å². The summed E-state index contributed by atoms with van der Waals surface area (Å²) in [6, 6.07) is 29.9. The lowest BCUT2D eigenvalue weighted by atomic mass is 9.98. The Hall–Kier alpha value is -3.84. The van der Waals surface area contributed by atoms with E-state index >= 15 is 0 Å². The number of benzene rings is 4. The standard InChI is InChI=1S/C36H40N2O/c1-36(2,3)23-22-35(39)32(27-38(5)26-31-18-11-16-29-14-7-9-21-34(29)31)19-12-24-37(4)25-30-17-10-15-28-13-6-8-20-33(28)30/h6-21,39H,24-27H2,1-5H3/b19-12+,35-32-. The third-order valence-corrected chi connectivity index (χ3v) is 6.68. The van der Waals surface area contributed by atoms with Crippen LogP contribution in [0.5, 0.6) is 0 Å². The molecule has 0 bridgehead atoms. The van der Waals surface area contributed by atoms with Crippen molar-refractivity contribution in [1.29, 1.82) is 0 Å². The third kappa shape index (κ3) is 8.07. The quantitative estimate of drug-likeness (QED) is 0.139. The molecule has 4 aromatic rings. The van der Waals surface area contributed by atoms with E-state index in [-0.39, 0.29) is 11.2 Å². The monoisotopic (exact) mass is 516 g/mol. The van der Waals surface area contributed by atoms with Crippen LogP contribution in [0.2, 0.25) is 0 Å². The van der Waals surface area contributed by atoms with Gasteiger partial charge in [0.05, 0.1) is 0 Å². The molecule has 3 nitrogen and oxygen atoms in total. The van der Waals surface area contributed by atoms with E-state index in [1.807, 2.05) is 6.08 Å². The summed E-state index contributed by atoms with van der Waals surface area (Å²) in [7, 11) is 4.22. The zero-order valence-electron chi connectivity index (χ0n) is 23.9. The molecule has 4 aromatic carbocycles. The van der Waals surface area contributed by atoms with Crippen LogP contribution in [-0.2, 0) is 13.1 Å². The van der Waals surface area contributed by atoms with Crippen molar-refractivity contribution in [3.05, 3.63) is 120 Å². The molecule has 0 heterocycles. The Kier molecular flexibility index (Phi) is 9.25. The van der Waals surface area contributed by atoms with Gasteiger partial charge in [0, 0.05) is 37.2 Å². The predicted molar refractivity (Wildman–Crippen MR) is 167 cm³/mol. The van der Waals surface area contributed by atoms with Gasteiger partial charge in [0.25, 0.3) is 0 Å². The Labute approximate surface area is 234 Å². The smallest absolute Gasteiger partial charge is 0.171 e. The predicted octanol–water partition coefficient (Wildman–Crippen LogP) is 7.97. The van der Waals surface area contributed by atoms with Gasteiger partial charge in [0.2, 0.25) is 0 Å². The summed E-state index contributed by atoms with van der Waals surface area (Å²) >= 11 is 0. The zero-order chi connectivity index (χ0) is 27.8. The molecule has 0 atom stereocenters. The van der Waals surface area contributed by atoms with Crippen LogP contribution >= 0.6 is 0 Å². The van der Waals surface area contributed by atoms with E-state index in [0.29, 0.717) is 6.54 Å². The highest BCUT2D eigenvalue weighted by Gasteiger charge is 2.10. The van der Waals surface area contributed by atoms with E-state index in [2.05, 4.69) is 148 Å². The molecule has 200 valence electrons. The normalized spacial score (nSPS) is 12.8. The van der Waals surface area contributed by atoms with Crippen LogP contribution in [0.1, 0.15) is 31.9 Å². The van der Waals surface area contributed by atoms with Crippen molar-refractivity contribution in [2.75, 3.05) is 27.2 Å². The van der Waals surface area contributed by atoms with E-state index < -0.39 is 0 Å². The van der Waals surface area contributed by atoms with Gasteiger partial charge < -0.3 is 5.11 Å². The van der Waals surface area contributed by atoms with Gasteiger partial charge in [-0.15, -0.1) is 0 Å². The van der Waals surface area contributed by atoms with Crippen molar-refractivity contribution in [3.8, 4) is 11.8 Å². The number of allylic oxidation sites excluding steroid dienone is 1. The second-order valence-electron chi connectivity index (χ2n) is 11.4. The van der Waals surface area contributed by atoms with Gasteiger partial charge in [-0.1, -0.05) is 103 Å². The number of aliphatic hydroxyl groups is 1. The van der Waals surface area contributed by atoms with Gasteiger partial charge in [-0.2, -0.15) is 0 Å². The number of fused-ring (bicyclic) bond motifs is 2. The fraction of sp³-hybridized carbons (Fsp3) is 0.278. The van der Waals surface area contributed by atoms with Crippen LogP contribution in [0, 0.1) is 17.3 Å². The van der Waals surface area contributed by atoms with E-state index in [0.717, 1.165) is 25.2 Å². The molecular weight excluding hydrogens is 476 g/mol. The molecule has 0 aliphatic carbocycles. The number of aliphatic hydroxyl groups excluding tert-OH is 1. The minimum Gasteiger partial charge on any atom is -0.500 e. The summed E-state index contributed by atoms with van der Waals surface area (Å²) in [4.78, 5) is 4.52. The Morgan fingerprint density at radius 3 is 1.82 bits per heavy atom. The van der Waals surface area contributed by atoms with E-state index in [1.165, 1.54) is 32.7 Å². The van der Waals surface area contributed by atoms with Crippen LogP contribution < -0.4 is 0 Å². The lowest BCUT2D eigenvalue weighted by molar-refractivity contribution is 0.347. The largest absolute Gasteiger partial charge is 0.500 e. The molecule has 0 saturated heterocycles. The molecule has 39 heavy (non-hydrogen) atoms. The molecule has 4 rings (SSSR count). The molecular formula is C36H40N2O. The van der Waals surface area contributed by atoms with Gasteiger partial charge >= 0.3 is 0 Å². The fourth-order valence-corrected chi connectivity index (χ4v) is 4.76. The molecule has 0 radical (unpaired) electrons. The summed E-state index contributed by atoms with van der Waals surface area (Å²) in [6.45, 7) is 9.14. The molecule has 0 amide bonds. The van der Waals surface area contributed by atoms with Gasteiger partial charge in [-0.3, -0.25) is 9.80 Å². The van der Waals surface area contributed by atoms with Gasteiger partial charge in [-0.05, 0) is 73.5 Å². The molecule has 0 aliphatic heterocycles. The topological polar surface area (TPSA) is 26.7 Å². The highest BCUT2D eigenvalue weighted by atomic mass is 16.3. The molecule has 1 N–H and O–H groups in total. The van der Waals surface area contributed by atoms with Gasteiger partial charge in [-0.25, -0.2) is 0 Å². The Bertz CT molecular complexity index is 1530. The van der Waals surface area contributed by atoms with Gasteiger partial charge in [0.15, 0.2) is 5.76 Å². The highest BCUT2D eigenvalue weighted by Crippen LogP contribution is 2.21. The number of hydrogen-bond donors (Lipinski definition) is 1. The SMILES string of the molecule is CN(C/C=C/C(CN(C)Cc1cccc2ccccc12)=C(/O)C#CC(C)(C)C)Cc1cccc2ccccc12. The number of rotatable bonds is 9. The van der Waals surface area contributed by atoms with Crippen molar-refractivity contribution in [1.82, 2.24) is 9.80 Å². The molecule has 0 spiro atoms. The van der Waals surface area contributed by atoms with E-state index in [4.69, 9.17) is 0 Å². The molecule has 0 aliphatic rings. The number of hydrogen-bond acceptors (Lipinski definition) is 3. The zero-order valence-corrected chi connectivity index (χ0v) is 23.9. The minimum atomic E-state index is -0.184. The van der Waals surface area contributed by atoms with Crippen LogP contribution in [0.25, 0.3) is 21.5 Å². The Balaban J connectivity index is 1.49. The highest BCUT2D eigenvalue weighted by molar-refractivity contribution is 5.86. The summed E-state index contributed by atoms with van der Waals surface area (Å²) in [6.07, 6.45) is 4.16. The first-order chi connectivity index (χ1) is 18.7. The first kappa shape index (κ1) is 28.2. The van der Waals surface area contributed by atoms with Crippen molar-refractivity contribution >= 4 is 21.5 Å². The van der Waals surface area contributed by atoms with Gasteiger partial charge in [0.1, 0.15) is 0 Å². The number of likely N-dealkylation sites (N-methyl/N-ethyl adjacent to an activating group) is 2. The molecule has 0 unspecified atom stereocenters. The Morgan fingerprint density at radius 2 is 1.26 bits per heavy atom. The maximum Gasteiger partial charge on any atom is 0.171 e. The van der Waals surface area contributed by atoms with Crippen molar-refractivity contribution in [2.24, 2.45) is 5.41 Å². The summed E-state index contributed by atoms with van der Waals surface area (Å²) in [5.74, 6) is 6.33. The Morgan fingerprint density at radius 1 is 0.744 bits per heavy atom. The van der Waals surface area contributed by atoms with Crippen LogP contribution in [0.15, 0.2) is 108 Å². The lowest BCUT2D eigenvalue weighted by Gasteiger charge is -2.19. The second-order valence-corrected chi connectivity index (χ2v) is 11.4.